The van der Waals surface area contributed by atoms with E-state index in [1.807, 2.05) is 24.3 Å². The molecule has 2 amide bonds. The molecular formula is C21H17NO4. The minimum atomic E-state index is -0.578. The highest BCUT2D eigenvalue weighted by atomic mass is 16.5. The molecule has 5 nitrogen and oxygen atoms in total. The molecule has 4 atom stereocenters. The third kappa shape index (κ3) is 1.83. The Morgan fingerprint density at radius 2 is 1.54 bits per heavy atom. The van der Waals surface area contributed by atoms with Crippen molar-refractivity contribution < 1.29 is 19.1 Å². The van der Waals surface area contributed by atoms with Crippen molar-refractivity contribution in [3.05, 3.63) is 59.7 Å². The third-order valence-electron chi connectivity index (χ3n) is 6.02. The molecule has 6 rings (SSSR count). The largest absolute Gasteiger partial charge is 0.497 e. The molecule has 0 spiro atoms. The normalized spacial score (nSPS) is 29.0. The molecule has 2 aromatic carbocycles. The number of nitrogens with zero attached hydrogens (tertiary/aromatic N) is 1. The Labute approximate surface area is 150 Å². The smallest absolute Gasteiger partial charge is 0.238 e. The van der Waals surface area contributed by atoms with E-state index in [-0.39, 0.29) is 23.5 Å². The number of rotatable bonds is 2. The lowest BCUT2D eigenvalue weighted by molar-refractivity contribution is -0.134. The zero-order valence-corrected chi connectivity index (χ0v) is 14.2. The van der Waals surface area contributed by atoms with Gasteiger partial charge in [-0.3, -0.25) is 19.3 Å². The van der Waals surface area contributed by atoms with Crippen molar-refractivity contribution in [1.82, 2.24) is 0 Å². The molecule has 130 valence electrons. The van der Waals surface area contributed by atoms with Crippen LogP contribution in [0.25, 0.3) is 0 Å². The first-order valence-corrected chi connectivity index (χ1v) is 8.75. The number of carbonyl (C=O) groups is 3. The first kappa shape index (κ1) is 15.3. The van der Waals surface area contributed by atoms with Gasteiger partial charge in [0.2, 0.25) is 11.8 Å². The molecule has 0 radical (unpaired) electrons. The monoisotopic (exact) mass is 347 g/mol. The van der Waals surface area contributed by atoms with Crippen LogP contribution < -0.4 is 9.64 Å². The molecule has 2 fully saturated rings. The van der Waals surface area contributed by atoms with E-state index in [0.717, 1.165) is 11.1 Å². The molecule has 2 bridgehead atoms. The first-order valence-electron chi connectivity index (χ1n) is 8.75. The molecule has 3 aliphatic carbocycles. The fourth-order valence-electron chi connectivity index (χ4n) is 4.95. The molecule has 1 heterocycles. The van der Waals surface area contributed by atoms with Crippen LogP contribution in [-0.2, 0) is 14.4 Å². The van der Waals surface area contributed by atoms with E-state index in [9.17, 15) is 14.4 Å². The number of Topliss-reactive ketones (excluding diaryl/α,β-unsaturated/α-hetero) is 1. The summed E-state index contributed by atoms with van der Waals surface area (Å²) in [5.74, 6) is -1.44. The van der Waals surface area contributed by atoms with Crippen molar-refractivity contribution in [2.45, 2.75) is 18.3 Å². The van der Waals surface area contributed by atoms with Crippen molar-refractivity contribution in [3.63, 3.8) is 0 Å². The van der Waals surface area contributed by atoms with Gasteiger partial charge >= 0.3 is 0 Å². The van der Waals surface area contributed by atoms with Gasteiger partial charge < -0.3 is 4.74 Å². The number of fused-ring (bicyclic) bond motifs is 1. The van der Waals surface area contributed by atoms with Crippen LogP contribution in [-0.4, -0.2) is 24.7 Å². The van der Waals surface area contributed by atoms with Crippen LogP contribution in [0, 0.1) is 11.8 Å². The van der Waals surface area contributed by atoms with Crippen molar-refractivity contribution in [2.75, 3.05) is 12.0 Å². The number of carbonyl (C=O) groups excluding carboxylic acids is 3. The van der Waals surface area contributed by atoms with E-state index in [4.69, 9.17) is 4.74 Å². The summed E-state index contributed by atoms with van der Waals surface area (Å²) in [6.45, 7) is 0. The van der Waals surface area contributed by atoms with Crippen molar-refractivity contribution in [1.29, 1.82) is 0 Å². The number of hydrogen-bond donors (Lipinski definition) is 0. The lowest BCUT2D eigenvalue weighted by Crippen LogP contribution is -2.44. The molecule has 2 aromatic rings. The number of amides is 2. The lowest BCUT2D eigenvalue weighted by atomic mass is 9.56. The highest BCUT2D eigenvalue weighted by Crippen LogP contribution is 2.57. The summed E-state index contributed by atoms with van der Waals surface area (Å²) < 4.78 is 5.15. The Morgan fingerprint density at radius 3 is 2.23 bits per heavy atom. The third-order valence-corrected chi connectivity index (χ3v) is 6.02. The summed E-state index contributed by atoms with van der Waals surface area (Å²) in [4.78, 5) is 40.3. The van der Waals surface area contributed by atoms with Gasteiger partial charge in [0.05, 0.1) is 30.6 Å². The average molecular weight is 347 g/mol. The number of ether oxygens (including phenoxy) is 1. The van der Waals surface area contributed by atoms with Crippen molar-refractivity contribution in [3.8, 4) is 5.75 Å². The van der Waals surface area contributed by atoms with Gasteiger partial charge in [-0.15, -0.1) is 0 Å². The fraction of sp³-hybridized carbons (Fsp3) is 0.286. The van der Waals surface area contributed by atoms with E-state index in [1.54, 1.807) is 31.4 Å². The molecule has 1 saturated carbocycles. The Kier molecular flexibility index (Phi) is 3.11. The van der Waals surface area contributed by atoms with E-state index >= 15 is 0 Å². The van der Waals surface area contributed by atoms with E-state index < -0.39 is 17.8 Å². The zero-order chi connectivity index (χ0) is 18.0. The Balaban J connectivity index is 1.61. The molecule has 1 saturated heterocycles. The van der Waals surface area contributed by atoms with Crippen LogP contribution in [0.4, 0.5) is 5.69 Å². The van der Waals surface area contributed by atoms with Gasteiger partial charge in [0.25, 0.3) is 0 Å². The predicted octanol–water partition coefficient (Wildman–Crippen LogP) is 2.65. The number of hydrogen-bond acceptors (Lipinski definition) is 4. The Bertz CT molecular complexity index is 949. The Morgan fingerprint density at radius 1 is 0.885 bits per heavy atom. The topological polar surface area (TPSA) is 63.7 Å². The van der Waals surface area contributed by atoms with Crippen LogP contribution in [0.1, 0.15) is 29.4 Å². The number of imide groups is 1. The van der Waals surface area contributed by atoms with Crippen LogP contribution in [0.15, 0.2) is 48.5 Å². The van der Waals surface area contributed by atoms with E-state index in [0.29, 0.717) is 17.9 Å². The van der Waals surface area contributed by atoms with Crippen LogP contribution in [0.5, 0.6) is 5.75 Å². The summed E-state index contributed by atoms with van der Waals surface area (Å²) in [6.07, 6.45) is 0.346. The van der Waals surface area contributed by atoms with Gasteiger partial charge in [0.15, 0.2) is 0 Å². The molecule has 0 aromatic heterocycles. The van der Waals surface area contributed by atoms with Gasteiger partial charge in [-0.25, -0.2) is 0 Å². The van der Waals surface area contributed by atoms with Gasteiger partial charge in [-0.2, -0.15) is 0 Å². The van der Waals surface area contributed by atoms with Crippen molar-refractivity contribution in [2.24, 2.45) is 11.8 Å². The van der Waals surface area contributed by atoms with Gasteiger partial charge in [-0.05, 0) is 35.4 Å². The standard InChI is InChI=1S/C21H17NO4/c1-26-12-8-6-11(7-9-12)22-20(24)18-15-10-16(23)17(19(18)21(22)25)14-5-3-2-4-13(14)15/h2-9,15,17-19H,10H2,1H3/t15-,17+,18-,19+/m0/s1. The van der Waals surface area contributed by atoms with Crippen LogP contribution in [0.3, 0.4) is 0 Å². The fourth-order valence-corrected chi connectivity index (χ4v) is 4.95. The molecule has 4 aliphatic rings. The summed E-state index contributed by atoms with van der Waals surface area (Å²) in [5.41, 5.74) is 2.51. The number of benzene rings is 2. The van der Waals surface area contributed by atoms with Crippen LogP contribution in [0.2, 0.25) is 0 Å². The summed E-state index contributed by atoms with van der Waals surface area (Å²) in [7, 11) is 1.57. The Hall–Kier alpha value is -2.95. The van der Waals surface area contributed by atoms with E-state index in [1.165, 1.54) is 4.90 Å². The highest BCUT2D eigenvalue weighted by molar-refractivity contribution is 6.24. The summed E-state index contributed by atoms with van der Waals surface area (Å²) in [5, 5.41) is 0. The van der Waals surface area contributed by atoms with Gasteiger partial charge in [0.1, 0.15) is 11.5 Å². The van der Waals surface area contributed by atoms with Gasteiger partial charge in [-0.1, -0.05) is 24.3 Å². The maximum Gasteiger partial charge on any atom is 0.238 e. The molecule has 0 N–H and O–H groups in total. The maximum absolute atomic E-state index is 13.2. The van der Waals surface area contributed by atoms with Gasteiger partial charge in [0, 0.05) is 12.3 Å². The van der Waals surface area contributed by atoms with E-state index in [2.05, 4.69) is 0 Å². The number of methoxy groups -OCH3 is 1. The summed E-state index contributed by atoms with van der Waals surface area (Å²) >= 11 is 0. The molecule has 26 heavy (non-hydrogen) atoms. The predicted molar refractivity (Wildman–Crippen MR) is 94.0 cm³/mol. The second-order valence-corrected chi connectivity index (χ2v) is 7.14. The summed E-state index contributed by atoms with van der Waals surface area (Å²) in [6, 6.07) is 14.6. The quantitative estimate of drug-likeness (QED) is 0.784. The zero-order valence-electron chi connectivity index (χ0n) is 14.2. The molecule has 0 unspecified atom stereocenters. The second kappa shape index (κ2) is 5.27. The average Bonchev–Trinajstić information content (AvgIpc) is 2.94. The maximum atomic E-state index is 13.2. The molecular weight excluding hydrogens is 330 g/mol. The van der Waals surface area contributed by atoms with Crippen molar-refractivity contribution >= 4 is 23.3 Å². The molecule has 1 aliphatic heterocycles. The number of anilines is 1. The highest BCUT2D eigenvalue weighted by Gasteiger charge is 2.62. The van der Waals surface area contributed by atoms with Crippen LogP contribution >= 0.6 is 0 Å². The number of ketones is 1. The minimum absolute atomic E-state index is 0.0766. The second-order valence-electron chi connectivity index (χ2n) is 7.14. The first-order chi connectivity index (χ1) is 12.6. The lowest BCUT2D eigenvalue weighted by Gasteiger charge is -2.43. The SMILES string of the molecule is COc1ccc(N2C(=O)[C@@H]3[C@H](C2=O)[C@H]2C(=O)C[C@H]3c3ccccc32)cc1. The minimum Gasteiger partial charge on any atom is -0.497 e. The molecule has 5 heteroatoms.